The normalized spacial score (nSPS) is 16.1. The van der Waals surface area contributed by atoms with Crippen molar-refractivity contribution < 1.29 is 9.59 Å². The lowest BCUT2D eigenvalue weighted by Gasteiger charge is -2.23. The highest BCUT2D eigenvalue weighted by molar-refractivity contribution is 7.10. The van der Waals surface area contributed by atoms with Crippen LogP contribution in [0.3, 0.4) is 0 Å². The smallest absolute Gasteiger partial charge is 0.254 e. The summed E-state index contributed by atoms with van der Waals surface area (Å²) in [5.74, 6) is -0.505. The Kier molecular flexibility index (Phi) is 4.89. The van der Waals surface area contributed by atoms with E-state index in [9.17, 15) is 9.59 Å². The average molecular weight is 398 g/mol. The molecule has 0 saturated carbocycles. The number of amides is 2. The van der Waals surface area contributed by atoms with Crippen LogP contribution < -0.4 is 11.1 Å². The van der Waals surface area contributed by atoms with Gasteiger partial charge in [0.1, 0.15) is 5.56 Å². The molecule has 0 fully saturated rings. The van der Waals surface area contributed by atoms with Crippen LogP contribution >= 0.6 is 11.3 Å². The van der Waals surface area contributed by atoms with Crippen LogP contribution in [0.25, 0.3) is 5.65 Å². The Hall–Kier alpha value is -2.74. The minimum absolute atomic E-state index is 0.0428. The number of hydrogen-bond acceptors (Lipinski definition) is 5. The van der Waals surface area contributed by atoms with Gasteiger partial charge in [-0.3, -0.25) is 9.59 Å². The van der Waals surface area contributed by atoms with Crippen molar-refractivity contribution in [3.8, 4) is 0 Å². The largest absolute Gasteiger partial charge is 0.365 e. The number of hydrogen-bond donors (Lipinski definition) is 2. The number of nitrogens with two attached hydrogens (primary N) is 1. The van der Waals surface area contributed by atoms with Gasteiger partial charge in [0.15, 0.2) is 5.65 Å². The number of fused-ring (bicyclic) bond motifs is 2. The molecule has 3 heterocycles. The Morgan fingerprint density at radius 1 is 1.39 bits per heavy atom. The van der Waals surface area contributed by atoms with Crippen LogP contribution in [-0.4, -0.2) is 26.4 Å². The van der Waals surface area contributed by atoms with Crippen LogP contribution in [0.1, 0.15) is 63.1 Å². The number of primary amides is 1. The predicted molar refractivity (Wildman–Crippen MR) is 107 cm³/mol. The summed E-state index contributed by atoms with van der Waals surface area (Å²) in [5, 5.41) is 9.53. The van der Waals surface area contributed by atoms with Crippen molar-refractivity contribution >= 4 is 28.8 Å². The molecule has 3 aromatic heterocycles. The summed E-state index contributed by atoms with van der Waals surface area (Å²) in [6.45, 7) is 3.81. The van der Waals surface area contributed by atoms with Crippen LogP contribution in [0.4, 0.5) is 0 Å². The van der Waals surface area contributed by atoms with E-state index in [1.165, 1.54) is 16.6 Å². The fourth-order valence-electron chi connectivity index (χ4n) is 3.99. The first kappa shape index (κ1) is 18.6. The summed E-state index contributed by atoms with van der Waals surface area (Å²) < 4.78 is 1.62. The molecule has 28 heavy (non-hydrogen) atoms. The molecule has 0 bridgehead atoms. The molecule has 3 aromatic rings. The van der Waals surface area contributed by atoms with Crippen molar-refractivity contribution in [3.63, 3.8) is 0 Å². The molecule has 8 heteroatoms. The minimum Gasteiger partial charge on any atom is -0.365 e. The maximum atomic E-state index is 12.6. The number of thiophene rings is 1. The van der Waals surface area contributed by atoms with Crippen LogP contribution in [0, 0.1) is 13.8 Å². The third-order valence-corrected chi connectivity index (χ3v) is 6.46. The molecule has 146 valence electrons. The Morgan fingerprint density at radius 3 is 3.00 bits per heavy atom. The molecule has 0 saturated heterocycles. The highest BCUT2D eigenvalue weighted by atomic mass is 32.1. The molecule has 2 amide bonds. The summed E-state index contributed by atoms with van der Waals surface area (Å²) in [4.78, 5) is 30.0. The predicted octanol–water partition coefficient (Wildman–Crippen LogP) is 2.63. The first-order valence-corrected chi connectivity index (χ1v) is 10.3. The van der Waals surface area contributed by atoms with Gasteiger partial charge in [-0.2, -0.15) is 5.10 Å². The van der Waals surface area contributed by atoms with Crippen molar-refractivity contribution in [2.24, 2.45) is 5.73 Å². The van der Waals surface area contributed by atoms with Gasteiger partial charge in [-0.15, -0.1) is 11.3 Å². The fraction of sp³-hybridized carbons (Fsp3) is 0.400. The number of carbonyl (C=O) groups excluding carboxylic acids is 2. The number of nitrogens with one attached hydrogen (secondary N) is 1. The molecule has 0 aromatic carbocycles. The lowest BCUT2D eigenvalue weighted by molar-refractivity contribution is -0.121. The van der Waals surface area contributed by atoms with E-state index in [-0.39, 0.29) is 11.9 Å². The Balaban J connectivity index is 1.49. The maximum Gasteiger partial charge on any atom is 0.254 e. The molecular formula is C20H23N5O2S. The van der Waals surface area contributed by atoms with Crippen molar-refractivity contribution in [1.29, 1.82) is 0 Å². The van der Waals surface area contributed by atoms with Gasteiger partial charge in [0.2, 0.25) is 5.91 Å². The second-order valence-electron chi connectivity index (χ2n) is 7.23. The van der Waals surface area contributed by atoms with E-state index in [0.29, 0.717) is 24.1 Å². The number of nitrogens with zero attached hydrogens (tertiary/aromatic N) is 3. The van der Waals surface area contributed by atoms with E-state index < -0.39 is 5.91 Å². The third kappa shape index (κ3) is 3.28. The zero-order valence-electron chi connectivity index (χ0n) is 16.0. The monoisotopic (exact) mass is 397 g/mol. The third-order valence-electron chi connectivity index (χ3n) is 5.46. The highest BCUT2D eigenvalue weighted by Gasteiger charge is 2.23. The van der Waals surface area contributed by atoms with Gasteiger partial charge in [0, 0.05) is 22.7 Å². The lowest BCUT2D eigenvalue weighted by Crippen LogP contribution is -2.30. The molecule has 4 rings (SSSR count). The van der Waals surface area contributed by atoms with E-state index in [0.717, 1.165) is 36.2 Å². The first-order valence-electron chi connectivity index (χ1n) is 9.45. The molecule has 0 aliphatic heterocycles. The summed E-state index contributed by atoms with van der Waals surface area (Å²) in [5.41, 5.74) is 10.1. The first-order chi connectivity index (χ1) is 13.5. The molecular weight excluding hydrogens is 374 g/mol. The van der Waals surface area contributed by atoms with Crippen molar-refractivity contribution in [1.82, 2.24) is 19.9 Å². The van der Waals surface area contributed by atoms with Gasteiger partial charge in [-0.05, 0) is 62.1 Å². The molecule has 0 spiro atoms. The summed E-state index contributed by atoms with van der Waals surface area (Å²) in [6, 6.07) is 2.25. The molecule has 1 atom stereocenters. The number of carbonyl (C=O) groups is 2. The van der Waals surface area contributed by atoms with Crippen LogP contribution in [0.5, 0.6) is 0 Å². The number of aromatic nitrogens is 3. The SMILES string of the molecule is Cc1nc2c(C(N)=O)cnn2c(C)c1CCC(=O)NC1CCCc2sccc21. The number of aryl methyl sites for hydroxylation is 3. The van der Waals surface area contributed by atoms with Crippen LogP contribution in [0.2, 0.25) is 0 Å². The Morgan fingerprint density at radius 2 is 2.21 bits per heavy atom. The second kappa shape index (κ2) is 7.35. The van der Waals surface area contributed by atoms with E-state index in [2.05, 4.69) is 26.8 Å². The van der Waals surface area contributed by atoms with E-state index >= 15 is 0 Å². The van der Waals surface area contributed by atoms with Gasteiger partial charge >= 0.3 is 0 Å². The van der Waals surface area contributed by atoms with Crippen molar-refractivity contribution in [2.45, 2.75) is 52.0 Å². The molecule has 7 nitrogen and oxygen atoms in total. The number of rotatable bonds is 5. The van der Waals surface area contributed by atoms with Gasteiger partial charge < -0.3 is 11.1 Å². The van der Waals surface area contributed by atoms with Gasteiger partial charge in [0.05, 0.1) is 12.2 Å². The van der Waals surface area contributed by atoms with Gasteiger partial charge in [0.25, 0.3) is 5.91 Å². The zero-order valence-corrected chi connectivity index (χ0v) is 16.8. The molecule has 1 unspecified atom stereocenters. The molecule has 1 aliphatic carbocycles. The quantitative estimate of drug-likeness (QED) is 0.691. The van der Waals surface area contributed by atoms with Crippen LogP contribution in [0.15, 0.2) is 17.6 Å². The Bertz CT molecular complexity index is 1070. The van der Waals surface area contributed by atoms with Crippen molar-refractivity contribution in [2.75, 3.05) is 0 Å². The molecule has 0 radical (unpaired) electrons. The van der Waals surface area contributed by atoms with E-state index in [4.69, 9.17) is 5.73 Å². The van der Waals surface area contributed by atoms with Crippen molar-refractivity contribution in [3.05, 3.63) is 50.6 Å². The molecule has 3 N–H and O–H groups in total. The summed E-state index contributed by atoms with van der Waals surface area (Å²) in [6.07, 6.45) is 5.61. The zero-order chi connectivity index (χ0) is 19.8. The second-order valence-corrected chi connectivity index (χ2v) is 8.23. The summed E-state index contributed by atoms with van der Waals surface area (Å²) >= 11 is 1.77. The van der Waals surface area contributed by atoms with E-state index in [1.54, 1.807) is 15.9 Å². The van der Waals surface area contributed by atoms with Crippen LogP contribution in [-0.2, 0) is 17.6 Å². The average Bonchev–Trinajstić information content (AvgIpc) is 3.28. The topological polar surface area (TPSA) is 102 Å². The fourth-order valence-corrected chi connectivity index (χ4v) is 4.98. The molecule has 1 aliphatic rings. The highest BCUT2D eigenvalue weighted by Crippen LogP contribution is 2.33. The van der Waals surface area contributed by atoms with Gasteiger partial charge in [-0.1, -0.05) is 0 Å². The summed E-state index contributed by atoms with van der Waals surface area (Å²) in [7, 11) is 0. The standard InChI is InChI=1S/C20H23N5O2S/c1-11-13(12(2)25-20(23-11)15(10-22-25)19(21)27)6-7-18(26)24-16-4-3-5-17-14(16)8-9-28-17/h8-10,16H,3-7H2,1-2H3,(H2,21,27)(H,24,26). The maximum absolute atomic E-state index is 12.6. The lowest BCUT2D eigenvalue weighted by atomic mass is 9.94. The Labute approximate surface area is 167 Å². The minimum atomic E-state index is -0.547. The van der Waals surface area contributed by atoms with Gasteiger partial charge in [-0.25, -0.2) is 9.50 Å². The van der Waals surface area contributed by atoms with E-state index in [1.807, 2.05) is 13.8 Å².